The van der Waals surface area contributed by atoms with Crippen molar-refractivity contribution in [2.45, 2.75) is 6.92 Å². The molecule has 0 saturated carbocycles. The highest BCUT2D eigenvalue weighted by Crippen LogP contribution is 2.01. The van der Waals surface area contributed by atoms with Crippen molar-refractivity contribution in [1.82, 2.24) is 9.97 Å². The van der Waals surface area contributed by atoms with Crippen LogP contribution in [0.15, 0.2) is 12.3 Å². The van der Waals surface area contributed by atoms with Gasteiger partial charge in [-0.25, -0.2) is 14.8 Å². The second kappa shape index (κ2) is 4.39. The quantitative estimate of drug-likeness (QED) is 0.695. The van der Waals surface area contributed by atoms with Crippen molar-refractivity contribution in [3.8, 4) is 0 Å². The third kappa shape index (κ3) is 2.40. The van der Waals surface area contributed by atoms with Gasteiger partial charge in [-0.05, 0) is 13.0 Å². The Labute approximate surface area is 76.2 Å². The first-order valence-corrected chi connectivity index (χ1v) is 3.93. The highest BCUT2D eigenvalue weighted by atomic mass is 16.5. The fourth-order valence-electron chi connectivity index (χ4n) is 0.828. The molecule has 0 saturated heterocycles. The van der Waals surface area contributed by atoms with E-state index < -0.39 is 5.97 Å². The molecule has 0 aliphatic carbocycles. The molecule has 13 heavy (non-hydrogen) atoms. The van der Waals surface area contributed by atoms with Crippen molar-refractivity contribution in [2.75, 3.05) is 19.0 Å². The minimum absolute atomic E-state index is 0.0703. The maximum atomic E-state index is 11.0. The van der Waals surface area contributed by atoms with Gasteiger partial charge in [0, 0.05) is 12.7 Å². The smallest absolute Gasteiger partial charge is 0.376 e. The van der Waals surface area contributed by atoms with Gasteiger partial charge in [0.25, 0.3) is 0 Å². The van der Waals surface area contributed by atoms with Gasteiger partial charge in [0.15, 0.2) is 0 Å². The predicted octanol–water partition coefficient (Wildman–Crippen LogP) is 0.695. The first kappa shape index (κ1) is 9.44. The number of nitrogens with one attached hydrogen (secondary N) is 1. The normalized spacial score (nSPS) is 9.38. The van der Waals surface area contributed by atoms with Crippen LogP contribution in [-0.4, -0.2) is 29.6 Å². The van der Waals surface area contributed by atoms with Gasteiger partial charge < -0.3 is 10.1 Å². The van der Waals surface area contributed by atoms with Crippen molar-refractivity contribution in [3.63, 3.8) is 0 Å². The average Bonchev–Trinajstić information content (AvgIpc) is 2.18. The summed E-state index contributed by atoms with van der Waals surface area (Å²) < 4.78 is 4.48. The lowest BCUT2D eigenvalue weighted by Crippen LogP contribution is -2.09. The van der Waals surface area contributed by atoms with Crippen LogP contribution in [0.2, 0.25) is 0 Å². The van der Waals surface area contributed by atoms with Crippen LogP contribution in [0.25, 0.3) is 0 Å². The van der Waals surface area contributed by atoms with Crippen molar-refractivity contribution < 1.29 is 9.53 Å². The van der Waals surface area contributed by atoms with Gasteiger partial charge in [-0.2, -0.15) is 0 Å². The van der Waals surface area contributed by atoms with Crippen LogP contribution >= 0.6 is 0 Å². The number of carbonyl (C=O) groups excluding carboxylic acids is 1. The Morgan fingerprint density at radius 2 is 2.46 bits per heavy atom. The van der Waals surface area contributed by atoms with Gasteiger partial charge in [0.2, 0.25) is 5.82 Å². The number of nitrogens with zero attached hydrogens (tertiary/aromatic N) is 2. The number of esters is 1. The first-order valence-electron chi connectivity index (χ1n) is 3.93. The third-order valence-electron chi connectivity index (χ3n) is 1.38. The summed E-state index contributed by atoms with van der Waals surface area (Å²) in [4.78, 5) is 18.7. The van der Waals surface area contributed by atoms with Gasteiger partial charge in [-0.15, -0.1) is 0 Å². The van der Waals surface area contributed by atoms with Crippen LogP contribution < -0.4 is 5.32 Å². The lowest BCUT2D eigenvalue weighted by molar-refractivity contribution is 0.0587. The number of rotatable bonds is 3. The number of aromatic nitrogens is 2. The molecule has 0 aliphatic heterocycles. The van der Waals surface area contributed by atoms with Crippen molar-refractivity contribution in [1.29, 1.82) is 0 Å². The summed E-state index contributed by atoms with van der Waals surface area (Å²) in [5.41, 5.74) is 0. The van der Waals surface area contributed by atoms with Gasteiger partial charge in [0.05, 0.1) is 7.11 Å². The Hall–Kier alpha value is -1.65. The largest absolute Gasteiger partial charge is 0.463 e. The van der Waals surface area contributed by atoms with Crippen LogP contribution in [0.1, 0.15) is 17.5 Å². The lowest BCUT2D eigenvalue weighted by Gasteiger charge is -2.02. The fraction of sp³-hybridized carbons (Fsp3) is 0.375. The van der Waals surface area contributed by atoms with Crippen molar-refractivity contribution in [2.24, 2.45) is 0 Å². The summed E-state index contributed by atoms with van der Waals surface area (Å²) >= 11 is 0. The van der Waals surface area contributed by atoms with E-state index in [0.29, 0.717) is 5.82 Å². The monoisotopic (exact) mass is 181 g/mol. The Balaban J connectivity index is 2.85. The second-order valence-corrected chi connectivity index (χ2v) is 2.29. The molecule has 0 aromatic carbocycles. The van der Waals surface area contributed by atoms with Crippen LogP contribution in [0, 0.1) is 0 Å². The van der Waals surface area contributed by atoms with Crippen LogP contribution in [0.3, 0.4) is 0 Å². The number of hydrogen-bond acceptors (Lipinski definition) is 5. The summed E-state index contributed by atoms with van der Waals surface area (Å²) in [6, 6.07) is 1.69. The molecule has 1 rings (SSSR count). The Kier molecular flexibility index (Phi) is 3.19. The summed E-state index contributed by atoms with van der Waals surface area (Å²) in [5, 5.41) is 2.97. The van der Waals surface area contributed by atoms with E-state index in [1.807, 2.05) is 6.92 Å². The summed E-state index contributed by atoms with van der Waals surface area (Å²) in [5.74, 6) is 0.165. The second-order valence-electron chi connectivity index (χ2n) is 2.29. The number of methoxy groups -OCH3 is 1. The van der Waals surface area contributed by atoms with Crippen LogP contribution in [0.5, 0.6) is 0 Å². The zero-order chi connectivity index (χ0) is 9.68. The molecule has 0 radical (unpaired) electrons. The van der Waals surface area contributed by atoms with Crippen LogP contribution in [-0.2, 0) is 4.74 Å². The van der Waals surface area contributed by atoms with E-state index in [4.69, 9.17) is 0 Å². The highest BCUT2D eigenvalue weighted by molar-refractivity contribution is 5.85. The molecule has 0 amide bonds. The maximum absolute atomic E-state index is 11.0. The van der Waals surface area contributed by atoms with Crippen molar-refractivity contribution in [3.05, 3.63) is 18.1 Å². The Morgan fingerprint density at radius 1 is 1.69 bits per heavy atom. The highest BCUT2D eigenvalue weighted by Gasteiger charge is 2.08. The average molecular weight is 181 g/mol. The van der Waals surface area contributed by atoms with Gasteiger partial charge in [0.1, 0.15) is 5.82 Å². The number of carbonyl (C=O) groups is 1. The standard InChI is InChI=1S/C8H11N3O2/c1-3-9-6-4-5-10-7(11-6)8(12)13-2/h4-5H,3H2,1-2H3,(H,9,10,11). The molecular formula is C8H11N3O2. The zero-order valence-electron chi connectivity index (χ0n) is 7.57. The third-order valence-corrected chi connectivity index (χ3v) is 1.38. The van der Waals surface area contributed by atoms with Crippen molar-refractivity contribution >= 4 is 11.8 Å². The SMILES string of the molecule is CCNc1ccnc(C(=O)OC)n1. The molecule has 5 nitrogen and oxygen atoms in total. The molecule has 1 heterocycles. The summed E-state index contributed by atoms with van der Waals surface area (Å²) in [7, 11) is 1.30. The van der Waals surface area contributed by atoms with E-state index in [0.717, 1.165) is 6.54 Å². The summed E-state index contributed by atoms with van der Waals surface area (Å²) in [6.45, 7) is 2.69. The summed E-state index contributed by atoms with van der Waals surface area (Å²) in [6.07, 6.45) is 1.51. The molecule has 0 aliphatic rings. The molecule has 0 spiro atoms. The van der Waals surface area contributed by atoms with Crippen LogP contribution in [0.4, 0.5) is 5.82 Å². The molecule has 70 valence electrons. The minimum Gasteiger partial charge on any atom is -0.463 e. The van der Waals surface area contributed by atoms with Gasteiger partial charge in [-0.3, -0.25) is 0 Å². The van der Waals surface area contributed by atoms with E-state index in [-0.39, 0.29) is 5.82 Å². The minimum atomic E-state index is -0.528. The molecule has 5 heteroatoms. The number of hydrogen-bond donors (Lipinski definition) is 1. The molecule has 1 aromatic heterocycles. The molecular weight excluding hydrogens is 170 g/mol. The topological polar surface area (TPSA) is 64.1 Å². The number of ether oxygens (including phenoxy) is 1. The molecule has 0 bridgehead atoms. The van der Waals surface area contributed by atoms with E-state index in [9.17, 15) is 4.79 Å². The van der Waals surface area contributed by atoms with E-state index >= 15 is 0 Å². The lowest BCUT2D eigenvalue weighted by atomic mass is 10.5. The molecule has 0 atom stereocenters. The zero-order valence-corrected chi connectivity index (χ0v) is 7.57. The molecule has 1 aromatic rings. The number of anilines is 1. The molecule has 1 N–H and O–H groups in total. The van der Waals surface area contributed by atoms with Gasteiger partial charge in [-0.1, -0.05) is 0 Å². The van der Waals surface area contributed by atoms with E-state index in [2.05, 4.69) is 20.0 Å². The van der Waals surface area contributed by atoms with Gasteiger partial charge >= 0.3 is 5.97 Å². The fourth-order valence-corrected chi connectivity index (χ4v) is 0.828. The molecule has 0 unspecified atom stereocenters. The van der Waals surface area contributed by atoms with E-state index in [1.165, 1.54) is 13.3 Å². The predicted molar refractivity (Wildman–Crippen MR) is 47.5 cm³/mol. The van der Waals surface area contributed by atoms with E-state index in [1.54, 1.807) is 6.07 Å². The Morgan fingerprint density at radius 3 is 3.08 bits per heavy atom. The Bertz CT molecular complexity index is 301. The maximum Gasteiger partial charge on any atom is 0.376 e. The first-order chi connectivity index (χ1) is 6.27. The molecule has 0 fully saturated rings.